The topological polar surface area (TPSA) is 85.2 Å². The van der Waals surface area contributed by atoms with Crippen LogP contribution in [0, 0.1) is 11.3 Å². The zero-order chi connectivity index (χ0) is 12.0. The largest absolute Gasteiger partial charge is 0.314 e. The van der Waals surface area contributed by atoms with Crippen LogP contribution in [-0.4, -0.2) is 44.9 Å². The zero-order valence-corrected chi connectivity index (χ0v) is 10.3. The minimum Gasteiger partial charge on any atom is -0.314 e. The maximum atomic E-state index is 11.9. The van der Waals surface area contributed by atoms with E-state index in [1.165, 1.54) is 4.31 Å². The molecule has 0 bridgehead atoms. The lowest BCUT2D eigenvalue weighted by molar-refractivity contribution is 0.350. The number of hydrogen-bond donors (Lipinski definition) is 2. The Labute approximate surface area is 96.8 Å². The first kappa shape index (κ1) is 13.4. The van der Waals surface area contributed by atoms with E-state index in [0.717, 1.165) is 0 Å². The Morgan fingerprint density at radius 1 is 1.50 bits per heavy atom. The quantitative estimate of drug-likeness (QED) is 0.679. The molecule has 7 heteroatoms. The lowest BCUT2D eigenvalue weighted by Crippen LogP contribution is -2.52. The van der Waals surface area contributed by atoms with Gasteiger partial charge in [0.1, 0.15) is 0 Å². The summed E-state index contributed by atoms with van der Waals surface area (Å²) in [5.41, 5.74) is 0. The highest BCUT2D eigenvalue weighted by atomic mass is 32.2. The lowest BCUT2D eigenvalue weighted by atomic mass is 10.2. The summed E-state index contributed by atoms with van der Waals surface area (Å²) in [7, 11) is -3.42. The van der Waals surface area contributed by atoms with Gasteiger partial charge in [0.25, 0.3) is 10.2 Å². The first-order chi connectivity index (χ1) is 7.60. The van der Waals surface area contributed by atoms with Crippen LogP contribution in [-0.2, 0) is 10.2 Å². The smallest absolute Gasteiger partial charge is 0.279 e. The molecule has 1 aliphatic heterocycles. The molecule has 0 spiro atoms. The Morgan fingerprint density at radius 2 is 2.12 bits per heavy atom. The average Bonchev–Trinajstić information content (AvgIpc) is 2.29. The first-order valence-corrected chi connectivity index (χ1v) is 6.89. The molecule has 0 saturated carbocycles. The van der Waals surface area contributed by atoms with Crippen LogP contribution in [0.5, 0.6) is 0 Å². The summed E-state index contributed by atoms with van der Waals surface area (Å²) in [5.74, 6) is 0. The van der Waals surface area contributed by atoms with Crippen molar-refractivity contribution >= 4 is 10.2 Å². The highest BCUT2D eigenvalue weighted by Crippen LogP contribution is 2.04. The molecule has 0 aromatic heterocycles. The summed E-state index contributed by atoms with van der Waals surface area (Å²) in [6.07, 6.45) is 0.834. The van der Waals surface area contributed by atoms with Crippen molar-refractivity contribution < 1.29 is 8.42 Å². The van der Waals surface area contributed by atoms with Crippen molar-refractivity contribution in [1.29, 1.82) is 5.26 Å². The van der Waals surface area contributed by atoms with Crippen LogP contribution in [0.4, 0.5) is 0 Å². The van der Waals surface area contributed by atoms with E-state index in [2.05, 4.69) is 10.0 Å². The molecule has 1 aliphatic rings. The summed E-state index contributed by atoms with van der Waals surface area (Å²) in [6, 6.07) is 1.70. The molecule has 0 aromatic rings. The van der Waals surface area contributed by atoms with Crippen LogP contribution in [0.3, 0.4) is 0 Å². The van der Waals surface area contributed by atoms with Gasteiger partial charge >= 0.3 is 0 Å². The molecular weight excluding hydrogens is 228 g/mol. The SMILES string of the molecule is CCC(CC#N)NS(=O)(=O)N1CCNCC1. The summed E-state index contributed by atoms with van der Waals surface area (Å²) < 4.78 is 27.8. The Bertz CT molecular complexity index is 343. The minimum atomic E-state index is -3.42. The molecule has 0 radical (unpaired) electrons. The van der Waals surface area contributed by atoms with Crippen molar-refractivity contribution in [2.75, 3.05) is 26.2 Å². The van der Waals surface area contributed by atoms with Gasteiger partial charge in [0.2, 0.25) is 0 Å². The van der Waals surface area contributed by atoms with E-state index >= 15 is 0 Å². The summed E-state index contributed by atoms with van der Waals surface area (Å²) in [6.45, 7) is 4.19. The maximum Gasteiger partial charge on any atom is 0.279 e. The predicted molar refractivity (Wildman–Crippen MR) is 60.8 cm³/mol. The molecule has 1 fully saturated rings. The van der Waals surface area contributed by atoms with Crippen molar-refractivity contribution in [2.45, 2.75) is 25.8 Å². The van der Waals surface area contributed by atoms with Gasteiger partial charge in [-0.2, -0.15) is 22.7 Å². The van der Waals surface area contributed by atoms with Crippen molar-refractivity contribution in [3.05, 3.63) is 0 Å². The summed E-state index contributed by atoms with van der Waals surface area (Å²) in [4.78, 5) is 0. The van der Waals surface area contributed by atoms with Crippen LogP contribution in [0.25, 0.3) is 0 Å². The van der Waals surface area contributed by atoms with Gasteiger partial charge in [0.15, 0.2) is 0 Å². The normalized spacial score (nSPS) is 20.2. The fraction of sp³-hybridized carbons (Fsp3) is 0.889. The fourth-order valence-electron chi connectivity index (χ4n) is 1.55. The molecule has 0 amide bonds. The molecule has 92 valence electrons. The number of hydrogen-bond acceptors (Lipinski definition) is 4. The van der Waals surface area contributed by atoms with Crippen LogP contribution in [0.15, 0.2) is 0 Å². The van der Waals surface area contributed by atoms with E-state index in [1.54, 1.807) is 0 Å². The maximum absolute atomic E-state index is 11.9. The first-order valence-electron chi connectivity index (χ1n) is 5.45. The molecule has 1 atom stereocenters. The Kier molecular flexibility index (Phi) is 5.15. The Balaban J connectivity index is 2.59. The van der Waals surface area contributed by atoms with Gasteiger partial charge in [-0.1, -0.05) is 6.92 Å². The zero-order valence-electron chi connectivity index (χ0n) is 9.44. The van der Waals surface area contributed by atoms with Gasteiger partial charge < -0.3 is 5.32 Å². The molecule has 1 rings (SSSR count). The summed E-state index contributed by atoms with van der Waals surface area (Å²) >= 11 is 0. The number of nitrogens with zero attached hydrogens (tertiary/aromatic N) is 2. The second-order valence-electron chi connectivity index (χ2n) is 3.74. The highest BCUT2D eigenvalue weighted by Gasteiger charge is 2.25. The van der Waals surface area contributed by atoms with Crippen molar-refractivity contribution in [2.24, 2.45) is 0 Å². The van der Waals surface area contributed by atoms with Crippen LogP contribution < -0.4 is 10.0 Å². The van der Waals surface area contributed by atoms with Gasteiger partial charge in [-0.05, 0) is 6.42 Å². The van der Waals surface area contributed by atoms with E-state index < -0.39 is 10.2 Å². The van der Waals surface area contributed by atoms with Crippen molar-refractivity contribution in [3.63, 3.8) is 0 Å². The molecule has 1 saturated heterocycles. The average molecular weight is 246 g/mol. The van der Waals surface area contributed by atoms with E-state index in [1.807, 2.05) is 13.0 Å². The molecule has 1 unspecified atom stereocenters. The van der Waals surface area contributed by atoms with Crippen LogP contribution in [0.1, 0.15) is 19.8 Å². The van der Waals surface area contributed by atoms with Crippen molar-refractivity contribution in [1.82, 2.24) is 14.3 Å². The van der Waals surface area contributed by atoms with Crippen molar-refractivity contribution in [3.8, 4) is 6.07 Å². The van der Waals surface area contributed by atoms with E-state index in [9.17, 15) is 8.42 Å². The van der Waals surface area contributed by atoms with E-state index in [0.29, 0.717) is 32.6 Å². The monoisotopic (exact) mass is 246 g/mol. The molecule has 2 N–H and O–H groups in total. The molecule has 6 nitrogen and oxygen atoms in total. The molecule has 16 heavy (non-hydrogen) atoms. The lowest BCUT2D eigenvalue weighted by Gasteiger charge is -2.28. The number of rotatable bonds is 5. The van der Waals surface area contributed by atoms with Gasteiger partial charge in [0, 0.05) is 32.2 Å². The highest BCUT2D eigenvalue weighted by molar-refractivity contribution is 7.87. The van der Waals surface area contributed by atoms with Crippen LogP contribution >= 0.6 is 0 Å². The van der Waals surface area contributed by atoms with Gasteiger partial charge in [-0.15, -0.1) is 0 Å². The van der Waals surface area contributed by atoms with Crippen LogP contribution in [0.2, 0.25) is 0 Å². The second kappa shape index (κ2) is 6.15. The van der Waals surface area contributed by atoms with Gasteiger partial charge in [-0.25, -0.2) is 0 Å². The minimum absolute atomic E-state index is 0.210. The number of nitriles is 1. The molecule has 0 aromatic carbocycles. The number of nitrogens with one attached hydrogen (secondary N) is 2. The van der Waals surface area contributed by atoms with E-state index in [4.69, 9.17) is 5.26 Å². The second-order valence-corrected chi connectivity index (χ2v) is 5.44. The standard InChI is InChI=1S/C9H18N4O2S/c1-2-9(3-4-10)12-16(14,15)13-7-5-11-6-8-13/h9,11-12H,2-3,5-8H2,1H3. The third-order valence-electron chi connectivity index (χ3n) is 2.56. The fourth-order valence-corrected chi connectivity index (χ4v) is 3.03. The Morgan fingerprint density at radius 3 is 2.62 bits per heavy atom. The molecule has 1 heterocycles. The summed E-state index contributed by atoms with van der Waals surface area (Å²) in [5, 5.41) is 11.7. The van der Waals surface area contributed by atoms with Gasteiger partial charge in [0.05, 0.1) is 12.5 Å². The van der Waals surface area contributed by atoms with Gasteiger partial charge in [-0.3, -0.25) is 0 Å². The number of piperazine rings is 1. The molecular formula is C9H18N4O2S. The third-order valence-corrected chi connectivity index (χ3v) is 4.24. The Hall–Kier alpha value is -0.680. The third kappa shape index (κ3) is 3.72. The molecule has 0 aliphatic carbocycles. The van der Waals surface area contributed by atoms with E-state index in [-0.39, 0.29) is 12.5 Å². The predicted octanol–water partition coefficient (Wildman–Crippen LogP) is -0.582.